The van der Waals surface area contributed by atoms with E-state index < -0.39 is 0 Å². The zero-order valence-corrected chi connectivity index (χ0v) is 13.5. The Morgan fingerprint density at radius 2 is 1.91 bits per heavy atom. The number of methoxy groups -OCH3 is 2. The molecule has 118 valence electrons. The molecule has 1 aromatic heterocycles. The molecule has 0 fully saturated rings. The maximum absolute atomic E-state index is 12.4. The Hall–Kier alpha value is -2.43. The quantitative estimate of drug-likeness (QED) is 0.919. The van der Waals surface area contributed by atoms with Crippen molar-refractivity contribution in [3.05, 3.63) is 46.9 Å². The van der Waals surface area contributed by atoms with Crippen LogP contribution in [0.15, 0.2) is 28.7 Å². The summed E-state index contributed by atoms with van der Waals surface area (Å²) in [5.41, 5.74) is 1.40. The van der Waals surface area contributed by atoms with E-state index in [-0.39, 0.29) is 11.9 Å². The van der Waals surface area contributed by atoms with E-state index in [1.165, 1.54) is 0 Å². The van der Waals surface area contributed by atoms with Crippen molar-refractivity contribution in [2.75, 3.05) is 14.2 Å². The van der Waals surface area contributed by atoms with E-state index in [1.54, 1.807) is 27.2 Å². The predicted molar refractivity (Wildman–Crippen MR) is 83.6 cm³/mol. The average molecular weight is 303 g/mol. The molecular formula is C17H21NO4. The lowest BCUT2D eigenvalue weighted by Gasteiger charge is -2.18. The number of carbonyl (C=O) groups excluding carboxylic acids is 1. The second-order valence-electron chi connectivity index (χ2n) is 5.13. The number of hydrogen-bond acceptors (Lipinski definition) is 4. The van der Waals surface area contributed by atoms with Crippen LogP contribution in [0.4, 0.5) is 0 Å². The highest BCUT2D eigenvalue weighted by Gasteiger charge is 2.19. The molecule has 0 saturated carbocycles. The highest BCUT2D eigenvalue weighted by Crippen LogP contribution is 2.29. The Morgan fingerprint density at radius 3 is 2.45 bits per heavy atom. The van der Waals surface area contributed by atoms with E-state index in [9.17, 15) is 4.79 Å². The predicted octanol–water partition coefficient (Wildman–Crippen LogP) is 3.40. The van der Waals surface area contributed by atoms with Gasteiger partial charge in [0.15, 0.2) is 0 Å². The van der Waals surface area contributed by atoms with Gasteiger partial charge < -0.3 is 19.2 Å². The molecule has 0 saturated heterocycles. The number of furan rings is 1. The van der Waals surface area contributed by atoms with Gasteiger partial charge in [-0.2, -0.15) is 0 Å². The first-order valence-corrected chi connectivity index (χ1v) is 7.06. The molecule has 1 amide bonds. The molecule has 22 heavy (non-hydrogen) atoms. The second-order valence-corrected chi connectivity index (χ2v) is 5.13. The van der Waals surface area contributed by atoms with Crippen molar-refractivity contribution in [2.45, 2.75) is 26.8 Å². The Kier molecular flexibility index (Phi) is 4.75. The molecule has 1 unspecified atom stereocenters. The molecule has 0 bridgehead atoms. The molecule has 0 spiro atoms. The summed E-state index contributed by atoms with van der Waals surface area (Å²) in [7, 11) is 3.20. The highest BCUT2D eigenvalue weighted by atomic mass is 16.5. The third-order valence-electron chi connectivity index (χ3n) is 3.54. The molecule has 0 aliphatic rings. The van der Waals surface area contributed by atoms with Crippen LogP contribution in [0.1, 0.15) is 40.4 Å². The molecule has 5 nitrogen and oxygen atoms in total. The summed E-state index contributed by atoms with van der Waals surface area (Å²) in [6.07, 6.45) is 0. The van der Waals surface area contributed by atoms with Crippen LogP contribution >= 0.6 is 0 Å². The minimum Gasteiger partial charge on any atom is -0.497 e. The van der Waals surface area contributed by atoms with Crippen molar-refractivity contribution >= 4 is 5.91 Å². The zero-order chi connectivity index (χ0) is 16.3. The fraction of sp³-hybridized carbons (Fsp3) is 0.353. The normalized spacial score (nSPS) is 11.9. The van der Waals surface area contributed by atoms with Gasteiger partial charge in [0.1, 0.15) is 23.0 Å². The molecule has 5 heteroatoms. The van der Waals surface area contributed by atoms with Gasteiger partial charge in [-0.15, -0.1) is 0 Å². The number of rotatable bonds is 5. The topological polar surface area (TPSA) is 60.7 Å². The van der Waals surface area contributed by atoms with Crippen molar-refractivity contribution in [3.63, 3.8) is 0 Å². The Balaban J connectivity index is 2.23. The van der Waals surface area contributed by atoms with Crippen molar-refractivity contribution in [1.29, 1.82) is 0 Å². The van der Waals surface area contributed by atoms with E-state index in [0.29, 0.717) is 28.6 Å². The summed E-state index contributed by atoms with van der Waals surface area (Å²) in [6.45, 7) is 5.49. The number of benzene rings is 1. The molecule has 0 radical (unpaired) electrons. The first kappa shape index (κ1) is 15.9. The standard InChI is InChI=1S/C17H21NO4/c1-10-8-15(12(3)22-10)17(19)18-11(2)14-9-13(20-4)6-7-16(14)21-5/h6-9,11H,1-5H3,(H,18,19). The minimum absolute atomic E-state index is 0.174. The van der Waals surface area contributed by atoms with Crippen molar-refractivity contribution < 1.29 is 18.7 Å². The van der Waals surface area contributed by atoms with Gasteiger partial charge in [0.2, 0.25) is 0 Å². The van der Waals surface area contributed by atoms with Gasteiger partial charge in [0, 0.05) is 5.56 Å². The van der Waals surface area contributed by atoms with Gasteiger partial charge in [-0.3, -0.25) is 4.79 Å². The number of nitrogens with one attached hydrogen (secondary N) is 1. The second kappa shape index (κ2) is 6.56. The lowest BCUT2D eigenvalue weighted by molar-refractivity contribution is 0.0938. The lowest BCUT2D eigenvalue weighted by atomic mass is 10.1. The van der Waals surface area contributed by atoms with Crippen LogP contribution in [0.5, 0.6) is 11.5 Å². The number of ether oxygens (including phenoxy) is 2. The molecule has 2 rings (SSSR count). The van der Waals surface area contributed by atoms with Gasteiger partial charge in [-0.05, 0) is 45.0 Å². The third-order valence-corrected chi connectivity index (χ3v) is 3.54. The molecule has 0 aliphatic heterocycles. The molecule has 0 aliphatic carbocycles. The molecule has 1 atom stereocenters. The maximum Gasteiger partial charge on any atom is 0.255 e. The number of amides is 1. The molecule has 1 heterocycles. The van der Waals surface area contributed by atoms with Crippen molar-refractivity contribution in [2.24, 2.45) is 0 Å². The van der Waals surface area contributed by atoms with Crippen LogP contribution in [0.2, 0.25) is 0 Å². The lowest BCUT2D eigenvalue weighted by Crippen LogP contribution is -2.27. The van der Waals surface area contributed by atoms with Crippen LogP contribution in [0, 0.1) is 13.8 Å². The third kappa shape index (κ3) is 3.24. The Morgan fingerprint density at radius 1 is 1.18 bits per heavy atom. The molecule has 2 aromatic rings. The summed E-state index contributed by atoms with van der Waals surface area (Å²) in [4.78, 5) is 12.4. The van der Waals surface area contributed by atoms with Gasteiger partial charge in [0.25, 0.3) is 5.91 Å². The number of carbonyl (C=O) groups is 1. The summed E-state index contributed by atoms with van der Waals surface area (Å²) in [6, 6.07) is 7.01. The van der Waals surface area contributed by atoms with Gasteiger partial charge >= 0.3 is 0 Å². The maximum atomic E-state index is 12.4. The summed E-state index contributed by atoms with van der Waals surface area (Å²) in [5, 5.41) is 2.96. The molecule has 1 N–H and O–H groups in total. The number of hydrogen-bond donors (Lipinski definition) is 1. The van der Waals surface area contributed by atoms with Gasteiger partial charge in [-0.1, -0.05) is 0 Å². The first-order chi connectivity index (χ1) is 10.5. The van der Waals surface area contributed by atoms with Gasteiger partial charge in [0.05, 0.1) is 25.8 Å². The minimum atomic E-state index is -0.229. The van der Waals surface area contributed by atoms with E-state index in [0.717, 1.165) is 5.56 Å². The molecule has 1 aromatic carbocycles. The Labute approximate surface area is 130 Å². The first-order valence-electron chi connectivity index (χ1n) is 7.06. The zero-order valence-electron chi connectivity index (χ0n) is 13.5. The monoisotopic (exact) mass is 303 g/mol. The molecular weight excluding hydrogens is 282 g/mol. The van der Waals surface area contributed by atoms with E-state index in [2.05, 4.69) is 5.32 Å². The summed E-state index contributed by atoms with van der Waals surface area (Å²) in [5.74, 6) is 2.57. The Bertz CT molecular complexity index is 675. The van der Waals surface area contributed by atoms with Crippen molar-refractivity contribution in [3.8, 4) is 11.5 Å². The van der Waals surface area contributed by atoms with E-state index >= 15 is 0 Å². The number of aryl methyl sites for hydroxylation is 2. The largest absolute Gasteiger partial charge is 0.497 e. The van der Waals surface area contributed by atoms with Crippen LogP contribution in [0.25, 0.3) is 0 Å². The summed E-state index contributed by atoms with van der Waals surface area (Å²) < 4.78 is 16.0. The summed E-state index contributed by atoms with van der Waals surface area (Å²) >= 11 is 0. The van der Waals surface area contributed by atoms with Crippen LogP contribution < -0.4 is 14.8 Å². The van der Waals surface area contributed by atoms with E-state index in [1.807, 2.05) is 32.0 Å². The SMILES string of the molecule is COc1ccc(OC)c(C(C)NC(=O)c2cc(C)oc2C)c1. The van der Waals surface area contributed by atoms with Crippen LogP contribution in [-0.2, 0) is 0 Å². The smallest absolute Gasteiger partial charge is 0.255 e. The van der Waals surface area contributed by atoms with E-state index in [4.69, 9.17) is 13.9 Å². The van der Waals surface area contributed by atoms with Crippen molar-refractivity contribution in [1.82, 2.24) is 5.32 Å². The fourth-order valence-electron chi connectivity index (χ4n) is 2.39. The van der Waals surface area contributed by atoms with Gasteiger partial charge in [-0.25, -0.2) is 0 Å². The fourth-order valence-corrected chi connectivity index (χ4v) is 2.39. The van der Waals surface area contributed by atoms with Crippen LogP contribution in [0.3, 0.4) is 0 Å². The van der Waals surface area contributed by atoms with Crippen LogP contribution in [-0.4, -0.2) is 20.1 Å². The highest BCUT2D eigenvalue weighted by molar-refractivity contribution is 5.95. The average Bonchev–Trinajstić information content (AvgIpc) is 2.85.